The van der Waals surface area contributed by atoms with Crippen molar-refractivity contribution in [2.45, 2.75) is 6.42 Å². The van der Waals surface area contributed by atoms with Crippen LogP contribution in [0.4, 0.5) is 5.69 Å². The highest BCUT2D eigenvalue weighted by atomic mass is 16.6. The summed E-state index contributed by atoms with van der Waals surface area (Å²) in [5.41, 5.74) is 0.845. The van der Waals surface area contributed by atoms with E-state index in [2.05, 4.69) is 11.7 Å². The Morgan fingerprint density at radius 3 is 2.93 bits per heavy atom. The molecule has 0 bridgehead atoms. The molecule has 0 aliphatic carbocycles. The summed E-state index contributed by atoms with van der Waals surface area (Å²) in [4.78, 5) is 10.0. The summed E-state index contributed by atoms with van der Waals surface area (Å²) >= 11 is 0. The van der Waals surface area contributed by atoms with Crippen LogP contribution >= 0.6 is 0 Å². The molecule has 0 amide bonds. The van der Waals surface area contributed by atoms with Gasteiger partial charge in [-0.2, -0.15) is 0 Å². The van der Waals surface area contributed by atoms with Gasteiger partial charge in [-0.15, -0.1) is 6.58 Å². The average molecular weight is 206 g/mol. The van der Waals surface area contributed by atoms with Crippen LogP contribution < -0.4 is 0 Å². The third-order valence-corrected chi connectivity index (χ3v) is 1.85. The van der Waals surface area contributed by atoms with Crippen LogP contribution in [0.3, 0.4) is 0 Å². The predicted octanol–water partition coefficient (Wildman–Crippen LogP) is 2.35. The minimum Gasteiger partial charge on any atom is -0.411 e. The number of oxime groups is 1. The molecule has 1 N–H and O–H groups in total. The Hall–Kier alpha value is -2.17. The highest BCUT2D eigenvalue weighted by Crippen LogP contribution is 2.15. The van der Waals surface area contributed by atoms with E-state index in [9.17, 15) is 10.1 Å². The SMILES string of the molecule is C=CCC(=NO)c1cccc([N+](=O)[O-])c1. The first-order valence-corrected chi connectivity index (χ1v) is 4.25. The van der Waals surface area contributed by atoms with Crippen molar-refractivity contribution in [3.63, 3.8) is 0 Å². The smallest absolute Gasteiger partial charge is 0.270 e. The van der Waals surface area contributed by atoms with Crippen molar-refractivity contribution in [2.75, 3.05) is 0 Å². The molecule has 5 heteroatoms. The fourth-order valence-corrected chi connectivity index (χ4v) is 1.15. The van der Waals surface area contributed by atoms with Crippen LogP contribution in [0, 0.1) is 10.1 Å². The molecular weight excluding hydrogens is 196 g/mol. The van der Waals surface area contributed by atoms with E-state index >= 15 is 0 Å². The van der Waals surface area contributed by atoms with Gasteiger partial charge in [-0.25, -0.2) is 0 Å². The van der Waals surface area contributed by atoms with Gasteiger partial charge in [-0.1, -0.05) is 23.4 Å². The number of rotatable bonds is 4. The van der Waals surface area contributed by atoms with Crippen molar-refractivity contribution in [1.29, 1.82) is 0 Å². The second kappa shape index (κ2) is 4.90. The summed E-state index contributed by atoms with van der Waals surface area (Å²) in [6.07, 6.45) is 1.92. The van der Waals surface area contributed by atoms with E-state index in [1.54, 1.807) is 18.2 Å². The Balaban J connectivity index is 3.08. The van der Waals surface area contributed by atoms with Gasteiger partial charge in [-0.3, -0.25) is 10.1 Å². The fraction of sp³-hybridized carbons (Fsp3) is 0.100. The van der Waals surface area contributed by atoms with Gasteiger partial charge in [-0.05, 0) is 0 Å². The van der Waals surface area contributed by atoms with Crippen LogP contribution in [0.25, 0.3) is 0 Å². The fourth-order valence-electron chi connectivity index (χ4n) is 1.15. The number of nitro groups is 1. The van der Waals surface area contributed by atoms with Gasteiger partial charge in [0.25, 0.3) is 5.69 Å². The van der Waals surface area contributed by atoms with Crippen LogP contribution in [-0.2, 0) is 0 Å². The maximum Gasteiger partial charge on any atom is 0.270 e. The van der Waals surface area contributed by atoms with Crippen LogP contribution in [-0.4, -0.2) is 15.8 Å². The molecule has 0 aromatic heterocycles. The molecule has 78 valence electrons. The summed E-state index contributed by atoms with van der Waals surface area (Å²) in [6.45, 7) is 3.51. The first kappa shape index (κ1) is 10.9. The molecule has 0 saturated carbocycles. The third kappa shape index (κ3) is 2.63. The van der Waals surface area contributed by atoms with E-state index in [-0.39, 0.29) is 5.69 Å². The molecule has 0 aliphatic heterocycles. The lowest BCUT2D eigenvalue weighted by molar-refractivity contribution is -0.384. The summed E-state index contributed by atoms with van der Waals surface area (Å²) in [7, 11) is 0. The Morgan fingerprint density at radius 2 is 2.40 bits per heavy atom. The molecule has 0 aliphatic rings. The van der Waals surface area contributed by atoms with Gasteiger partial charge in [0.1, 0.15) is 0 Å². The van der Waals surface area contributed by atoms with Gasteiger partial charge in [0.2, 0.25) is 0 Å². The topological polar surface area (TPSA) is 75.7 Å². The molecule has 0 saturated heterocycles. The molecular formula is C10H10N2O3. The largest absolute Gasteiger partial charge is 0.411 e. The molecule has 1 aromatic carbocycles. The lowest BCUT2D eigenvalue weighted by Gasteiger charge is -2.00. The predicted molar refractivity (Wildman–Crippen MR) is 56.2 cm³/mol. The second-order valence-electron chi connectivity index (χ2n) is 2.85. The van der Waals surface area contributed by atoms with Gasteiger partial charge in [0.05, 0.1) is 10.6 Å². The van der Waals surface area contributed by atoms with Crippen LogP contribution in [0.2, 0.25) is 0 Å². The number of non-ortho nitro benzene ring substituents is 1. The zero-order valence-corrected chi connectivity index (χ0v) is 7.96. The quantitative estimate of drug-likeness (QED) is 0.270. The molecule has 5 nitrogen and oxygen atoms in total. The summed E-state index contributed by atoms with van der Waals surface area (Å²) < 4.78 is 0. The van der Waals surface area contributed by atoms with Crippen LogP contribution in [0.1, 0.15) is 12.0 Å². The van der Waals surface area contributed by atoms with Gasteiger partial charge in [0, 0.05) is 24.1 Å². The number of hydrogen-bond donors (Lipinski definition) is 1. The minimum atomic E-state index is -0.494. The molecule has 1 rings (SSSR count). The molecule has 1 aromatic rings. The molecule has 0 radical (unpaired) electrons. The first-order chi connectivity index (χ1) is 7.19. The third-order valence-electron chi connectivity index (χ3n) is 1.85. The van der Waals surface area contributed by atoms with E-state index in [1.165, 1.54) is 12.1 Å². The zero-order valence-electron chi connectivity index (χ0n) is 7.96. The van der Waals surface area contributed by atoms with Crippen molar-refractivity contribution in [2.24, 2.45) is 5.16 Å². The Labute approximate surface area is 86.5 Å². The van der Waals surface area contributed by atoms with Crippen molar-refractivity contribution in [3.05, 3.63) is 52.6 Å². The zero-order chi connectivity index (χ0) is 11.3. The Morgan fingerprint density at radius 1 is 1.67 bits per heavy atom. The van der Waals surface area contributed by atoms with E-state index in [1.807, 2.05) is 0 Å². The monoisotopic (exact) mass is 206 g/mol. The van der Waals surface area contributed by atoms with Crippen molar-refractivity contribution < 1.29 is 10.1 Å². The number of nitro benzene ring substituents is 1. The number of hydrogen-bond acceptors (Lipinski definition) is 4. The second-order valence-corrected chi connectivity index (χ2v) is 2.85. The standard InChI is InChI=1S/C10H10N2O3/c1-2-4-10(11-13)8-5-3-6-9(7-8)12(14)15/h2-3,5-7,13H,1,4H2. The molecule has 0 heterocycles. The summed E-state index contributed by atoms with van der Waals surface area (Å²) in [5, 5.41) is 22.3. The molecule has 0 atom stereocenters. The van der Waals surface area contributed by atoms with Gasteiger partial charge >= 0.3 is 0 Å². The highest BCUT2D eigenvalue weighted by Gasteiger charge is 2.09. The maximum absolute atomic E-state index is 10.5. The van der Waals surface area contributed by atoms with E-state index in [0.29, 0.717) is 17.7 Å². The van der Waals surface area contributed by atoms with Gasteiger partial charge < -0.3 is 5.21 Å². The van der Waals surface area contributed by atoms with Crippen LogP contribution in [0.15, 0.2) is 42.1 Å². The first-order valence-electron chi connectivity index (χ1n) is 4.25. The lowest BCUT2D eigenvalue weighted by Crippen LogP contribution is -2.00. The normalized spacial score (nSPS) is 11.1. The van der Waals surface area contributed by atoms with E-state index in [0.717, 1.165) is 0 Å². The maximum atomic E-state index is 10.5. The molecule has 15 heavy (non-hydrogen) atoms. The summed E-state index contributed by atoms with van der Waals surface area (Å²) in [6, 6.07) is 5.93. The molecule has 0 spiro atoms. The summed E-state index contributed by atoms with van der Waals surface area (Å²) in [5.74, 6) is 0. The van der Waals surface area contributed by atoms with Crippen molar-refractivity contribution >= 4 is 11.4 Å². The van der Waals surface area contributed by atoms with Gasteiger partial charge in [0.15, 0.2) is 0 Å². The number of allylic oxidation sites excluding steroid dienone is 1. The van der Waals surface area contributed by atoms with Crippen molar-refractivity contribution in [3.8, 4) is 0 Å². The van der Waals surface area contributed by atoms with Crippen molar-refractivity contribution in [1.82, 2.24) is 0 Å². The van der Waals surface area contributed by atoms with Crippen LogP contribution in [0.5, 0.6) is 0 Å². The molecule has 0 fully saturated rings. The minimum absolute atomic E-state index is 0.0299. The highest BCUT2D eigenvalue weighted by molar-refractivity contribution is 6.01. The average Bonchev–Trinajstić information content (AvgIpc) is 2.26. The number of nitrogens with zero attached hydrogens (tertiary/aromatic N) is 2. The Kier molecular flexibility index (Phi) is 3.56. The molecule has 0 unspecified atom stereocenters. The Bertz CT molecular complexity index is 413. The lowest BCUT2D eigenvalue weighted by atomic mass is 10.1. The van der Waals surface area contributed by atoms with E-state index < -0.39 is 4.92 Å². The van der Waals surface area contributed by atoms with E-state index in [4.69, 9.17) is 5.21 Å². The number of benzene rings is 1.